The minimum absolute atomic E-state index is 0.0219. The summed E-state index contributed by atoms with van der Waals surface area (Å²) in [4.78, 5) is 14.2. The molecule has 0 spiro atoms. The van der Waals surface area contributed by atoms with E-state index >= 15 is 0 Å². The number of aliphatic hydroxyl groups is 1. The summed E-state index contributed by atoms with van der Waals surface area (Å²) < 4.78 is 0.950. The lowest BCUT2D eigenvalue weighted by atomic mass is 10.0. The largest absolute Gasteiger partial charge is 0.394 e. The zero-order valence-corrected chi connectivity index (χ0v) is 12.1. The Balaban J connectivity index is 2.21. The van der Waals surface area contributed by atoms with Crippen LogP contribution in [0.2, 0.25) is 0 Å². The van der Waals surface area contributed by atoms with E-state index in [2.05, 4.69) is 15.9 Å². The highest BCUT2D eigenvalue weighted by Gasteiger charge is 2.26. The third-order valence-electron chi connectivity index (χ3n) is 3.52. The SMILES string of the molecule is Cc1ccc(C(=O)N2CCCCC2CO)cc1Br. The number of hydrogen-bond acceptors (Lipinski definition) is 2. The lowest BCUT2D eigenvalue weighted by Crippen LogP contribution is -2.45. The Kier molecular flexibility index (Phi) is 4.40. The Morgan fingerprint density at radius 3 is 2.94 bits per heavy atom. The first kappa shape index (κ1) is 13.6. The maximum atomic E-state index is 12.4. The molecule has 1 unspecified atom stereocenters. The Morgan fingerprint density at radius 2 is 2.28 bits per heavy atom. The van der Waals surface area contributed by atoms with E-state index in [0.717, 1.165) is 35.8 Å². The fourth-order valence-electron chi connectivity index (χ4n) is 2.35. The third-order valence-corrected chi connectivity index (χ3v) is 4.37. The van der Waals surface area contributed by atoms with Gasteiger partial charge in [-0.1, -0.05) is 22.0 Å². The summed E-state index contributed by atoms with van der Waals surface area (Å²) in [7, 11) is 0. The van der Waals surface area contributed by atoms with Crippen molar-refractivity contribution < 1.29 is 9.90 Å². The van der Waals surface area contributed by atoms with Gasteiger partial charge in [0.15, 0.2) is 0 Å². The molecule has 1 amide bonds. The number of piperidine rings is 1. The van der Waals surface area contributed by atoms with E-state index in [4.69, 9.17) is 0 Å². The zero-order chi connectivity index (χ0) is 13.1. The molecule has 1 aromatic carbocycles. The highest BCUT2D eigenvalue weighted by atomic mass is 79.9. The molecule has 18 heavy (non-hydrogen) atoms. The van der Waals surface area contributed by atoms with Crippen LogP contribution in [-0.2, 0) is 0 Å². The van der Waals surface area contributed by atoms with Gasteiger partial charge in [-0.05, 0) is 43.9 Å². The van der Waals surface area contributed by atoms with Crippen LogP contribution in [0.1, 0.15) is 35.2 Å². The van der Waals surface area contributed by atoms with Crippen molar-refractivity contribution in [2.24, 2.45) is 0 Å². The van der Waals surface area contributed by atoms with Gasteiger partial charge in [-0.3, -0.25) is 4.79 Å². The van der Waals surface area contributed by atoms with Gasteiger partial charge in [0.1, 0.15) is 0 Å². The van der Waals surface area contributed by atoms with Gasteiger partial charge in [-0.25, -0.2) is 0 Å². The number of nitrogens with zero attached hydrogens (tertiary/aromatic N) is 1. The predicted octanol–water partition coefficient (Wildman–Crippen LogP) is 2.74. The standard InChI is InChI=1S/C14H18BrNO2/c1-10-5-6-11(8-13(10)15)14(18)16-7-3-2-4-12(16)9-17/h5-6,8,12,17H,2-4,7,9H2,1H3. The first-order chi connectivity index (χ1) is 8.63. The Labute approximate surface area is 116 Å². The van der Waals surface area contributed by atoms with Crippen molar-refractivity contribution in [1.29, 1.82) is 0 Å². The average molecular weight is 312 g/mol. The number of amides is 1. The van der Waals surface area contributed by atoms with Gasteiger partial charge in [0, 0.05) is 16.6 Å². The lowest BCUT2D eigenvalue weighted by molar-refractivity contribution is 0.0503. The monoisotopic (exact) mass is 311 g/mol. The number of rotatable bonds is 2. The van der Waals surface area contributed by atoms with Crippen LogP contribution < -0.4 is 0 Å². The number of halogens is 1. The highest BCUT2D eigenvalue weighted by molar-refractivity contribution is 9.10. The van der Waals surface area contributed by atoms with Crippen LogP contribution in [0.15, 0.2) is 22.7 Å². The lowest BCUT2D eigenvalue weighted by Gasteiger charge is -2.34. The van der Waals surface area contributed by atoms with Gasteiger partial charge in [0.25, 0.3) is 5.91 Å². The summed E-state index contributed by atoms with van der Waals surface area (Å²) in [5.74, 6) is 0.0226. The predicted molar refractivity (Wildman–Crippen MR) is 74.6 cm³/mol. The first-order valence-corrected chi connectivity index (χ1v) is 7.10. The molecule has 0 aromatic heterocycles. The number of aliphatic hydroxyl groups excluding tert-OH is 1. The molecule has 1 aromatic rings. The summed E-state index contributed by atoms with van der Waals surface area (Å²) in [5.41, 5.74) is 1.80. The van der Waals surface area contributed by atoms with Crippen molar-refractivity contribution in [2.75, 3.05) is 13.2 Å². The van der Waals surface area contributed by atoms with Crippen molar-refractivity contribution in [3.63, 3.8) is 0 Å². The maximum absolute atomic E-state index is 12.4. The second kappa shape index (κ2) is 5.85. The number of hydrogen-bond donors (Lipinski definition) is 1. The minimum atomic E-state index is -0.0219. The van der Waals surface area contributed by atoms with Gasteiger partial charge in [-0.2, -0.15) is 0 Å². The first-order valence-electron chi connectivity index (χ1n) is 6.31. The minimum Gasteiger partial charge on any atom is -0.394 e. The van der Waals surface area contributed by atoms with Crippen LogP contribution in [0, 0.1) is 6.92 Å². The highest BCUT2D eigenvalue weighted by Crippen LogP contribution is 2.22. The van der Waals surface area contributed by atoms with Crippen molar-refractivity contribution in [3.8, 4) is 0 Å². The Bertz CT molecular complexity index is 447. The third kappa shape index (κ3) is 2.75. The number of benzene rings is 1. The summed E-state index contributed by atoms with van der Waals surface area (Å²) in [6.07, 6.45) is 3.01. The molecule has 1 saturated heterocycles. The molecule has 0 bridgehead atoms. The van der Waals surface area contributed by atoms with E-state index < -0.39 is 0 Å². The molecule has 1 aliphatic rings. The van der Waals surface area contributed by atoms with Crippen LogP contribution in [0.25, 0.3) is 0 Å². The average Bonchev–Trinajstić information content (AvgIpc) is 2.41. The summed E-state index contributed by atoms with van der Waals surface area (Å²) in [6.45, 7) is 2.80. The van der Waals surface area contributed by atoms with Crippen LogP contribution in [0.3, 0.4) is 0 Å². The molecule has 1 heterocycles. The van der Waals surface area contributed by atoms with Crippen LogP contribution in [0.4, 0.5) is 0 Å². The molecular formula is C14H18BrNO2. The number of carbonyl (C=O) groups is 1. The smallest absolute Gasteiger partial charge is 0.254 e. The molecule has 0 radical (unpaired) electrons. The van der Waals surface area contributed by atoms with Crippen LogP contribution in [-0.4, -0.2) is 35.1 Å². The molecule has 1 fully saturated rings. The molecule has 1 N–H and O–H groups in total. The van der Waals surface area contributed by atoms with E-state index in [-0.39, 0.29) is 18.6 Å². The Hall–Kier alpha value is -0.870. The molecule has 4 heteroatoms. The molecule has 98 valence electrons. The molecular weight excluding hydrogens is 294 g/mol. The van der Waals surface area contributed by atoms with Gasteiger partial charge in [0.05, 0.1) is 12.6 Å². The molecule has 2 rings (SSSR count). The van der Waals surface area contributed by atoms with Crippen LogP contribution >= 0.6 is 15.9 Å². The van der Waals surface area contributed by atoms with Gasteiger partial charge in [-0.15, -0.1) is 0 Å². The zero-order valence-electron chi connectivity index (χ0n) is 10.5. The van der Waals surface area contributed by atoms with Crippen molar-refractivity contribution in [2.45, 2.75) is 32.2 Å². The van der Waals surface area contributed by atoms with E-state index in [1.54, 1.807) is 4.90 Å². The van der Waals surface area contributed by atoms with E-state index in [9.17, 15) is 9.90 Å². The maximum Gasteiger partial charge on any atom is 0.254 e. The van der Waals surface area contributed by atoms with Crippen LogP contribution in [0.5, 0.6) is 0 Å². The topological polar surface area (TPSA) is 40.5 Å². The van der Waals surface area contributed by atoms with Gasteiger partial charge in [0.2, 0.25) is 0 Å². The van der Waals surface area contributed by atoms with Crippen molar-refractivity contribution in [1.82, 2.24) is 4.90 Å². The summed E-state index contributed by atoms with van der Waals surface area (Å²) in [6, 6.07) is 5.63. The molecule has 0 aliphatic carbocycles. The van der Waals surface area contributed by atoms with Gasteiger partial charge >= 0.3 is 0 Å². The number of carbonyl (C=O) groups excluding carboxylic acids is 1. The van der Waals surface area contributed by atoms with Gasteiger partial charge < -0.3 is 10.0 Å². The summed E-state index contributed by atoms with van der Waals surface area (Å²) >= 11 is 3.45. The van der Waals surface area contributed by atoms with E-state index in [1.165, 1.54) is 0 Å². The number of likely N-dealkylation sites (tertiary alicyclic amines) is 1. The second-order valence-corrected chi connectivity index (χ2v) is 5.65. The molecule has 3 nitrogen and oxygen atoms in total. The fourth-order valence-corrected chi connectivity index (χ4v) is 2.73. The molecule has 1 atom stereocenters. The summed E-state index contributed by atoms with van der Waals surface area (Å²) in [5, 5.41) is 9.35. The Morgan fingerprint density at radius 1 is 1.50 bits per heavy atom. The molecule has 1 aliphatic heterocycles. The van der Waals surface area contributed by atoms with Crippen molar-refractivity contribution >= 4 is 21.8 Å². The van der Waals surface area contributed by atoms with E-state index in [1.807, 2.05) is 25.1 Å². The number of aryl methyl sites for hydroxylation is 1. The van der Waals surface area contributed by atoms with E-state index in [0.29, 0.717) is 5.56 Å². The quantitative estimate of drug-likeness (QED) is 0.912. The fraction of sp³-hybridized carbons (Fsp3) is 0.500. The van der Waals surface area contributed by atoms with Crippen molar-refractivity contribution in [3.05, 3.63) is 33.8 Å². The normalized spacial score (nSPS) is 19.9. The molecule has 0 saturated carbocycles. The second-order valence-electron chi connectivity index (χ2n) is 4.79.